The summed E-state index contributed by atoms with van der Waals surface area (Å²) in [7, 11) is -12.3. The van der Waals surface area contributed by atoms with Crippen molar-refractivity contribution in [3.8, 4) is 0 Å². The Hall–Kier alpha value is 0.603. The van der Waals surface area contributed by atoms with Gasteiger partial charge in [0.1, 0.15) is 10.5 Å². The van der Waals surface area contributed by atoms with E-state index in [0.717, 1.165) is 28.6 Å². The molecular weight excluding hydrogens is 717 g/mol. The second-order valence-corrected chi connectivity index (χ2v) is 33.6. The molecule has 0 bridgehead atoms. The lowest BCUT2D eigenvalue weighted by molar-refractivity contribution is 0.355. The maximum Gasteiger partial charge on any atom is 0.301 e. The van der Waals surface area contributed by atoms with Gasteiger partial charge in [-0.05, 0) is 28.9 Å². The van der Waals surface area contributed by atoms with Gasteiger partial charge in [0.25, 0.3) is 90.1 Å². The van der Waals surface area contributed by atoms with E-state index in [9.17, 15) is 0 Å². The summed E-state index contributed by atoms with van der Waals surface area (Å²) in [5.74, 6) is 0. The maximum absolute atomic E-state index is 6.99. The quantitative estimate of drug-likeness (QED) is 0.0677. The zero-order valence-electron chi connectivity index (χ0n) is 23.8. The molecule has 0 aliphatic rings. The molecule has 0 heterocycles. The summed E-state index contributed by atoms with van der Waals surface area (Å²) in [4.78, 5) is 0. The molecule has 2 aromatic rings. The minimum absolute atomic E-state index is 0.740. The monoisotopic (exact) mass is 760 g/mol. The first-order chi connectivity index (χ1) is 19.7. The molecule has 0 radical (unpaired) electrons. The first-order valence-electron chi connectivity index (χ1n) is 13.2. The largest absolute Gasteiger partial charge is 0.449 e. The lowest BCUT2D eigenvalue weighted by atomic mass is 10.2. The molecule has 0 saturated heterocycles. The normalized spacial score (nSPS) is 16.6. The van der Waals surface area contributed by atoms with Gasteiger partial charge in [-0.1, -0.05) is 74.5 Å². The Labute approximate surface area is 265 Å². The third-order valence-electron chi connectivity index (χ3n) is 5.60. The highest BCUT2D eigenvalue weighted by Gasteiger charge is 2.38. The molecule has 0 aliphatic heterocycles. The van der Waals surface area contributed by atoms with Crippen molar-refractivity contribution in [3.05, 3.63) is 66.2 Å². The average Bonchev–Trinajstić information content (AvgIpc) is 3.00. The fourth-order valence-electron chi connectivity index (χ4n) is 3.67. The topological polar surface area (TPSA) is 102 Å². The first-order valence-corrected chi connectivity index (χ1v) is 28.5. The van der Waals surface area contributed by atoms with Crippen LogP contribution in [-0.4, -0.2) is 118 Å². The maximum atomic E-state index is 6.99. The third-order valence-corrected chi connectivity index (χ3v) is 26.3. The number of hydrogen-bond donors (Lipinski definition) is 0. The third kappa shape index (κ3) is 16.5. The first kappa shape index (κ1) is 36.8. The van der Waals surface area contributed by atoms with Crippen LogP contribution in [0.4, 0.5) is 0 Å². The summed E-state index contributed by atoms with van der Waals surface area (Å²) in [6.07, 6.45) is 0. The highest BCUT2D eigenvalue weighted by atomic mass is 28.4. The van der Waals surface area contributed by atoms with Gasteiger partial charge >= 0.3 is 9.28 Å². The van der Waals surface area contributed by atoms with E-state index >= 15 is 0 Å². The van der Waals surface area contributed by atoms with E-state index in [1.165, 1.54) is 10.8 Å². The zero-order chi connectivity index (χ0) is 28.6. The average molecular weight is 762 g/mol. The van der Waals surface area contributed by atoms with Crippen LogP contribution in [0.3, 0.4) is 0 Å². The van der Waals surface area contributed by atoms with Crippen LogP contribution in [-0.2, 0) is 51.3 Å². The molecule has 0 fully saturated rings. The molecule has 11 nitrogen and oxygen atoms in total. The fraction of sp³-hybridized carbons (Fsp3) is 0.294. The smallest absolute Gasteiger partial charge is 0.301 e. The number of benzene rings is 2. The lowest BCUT2D eigenvalue weighted by Gasteiger charge is -2.35. The highest BCUT2D eigenvalue weighted by molar-refractivity contribution is 6.90. The van der Waals surface area contributed by atoms with Gasteiger partial charge in [-0.3, -0.25) is 0 Å². The summed E-state index contributed by atoms with van der Waals surface area (Å²) in [5.41, 5.74) is 1.32. The van der Waals surface area contributed by atoms with Crippen LogP contribution in [0.5, 0.6) is 0 Å². The summed E-state index contributed by atoms with van der Waals surface area (Å²) in [6.45, 7) is 4.41. The van der Waals surface area contributed by atoms with Crippen molar-refractivity contribution in [2.45, 2.75) is 32.0 Å². The molecule has 0 aromatic heterocycles. The van der Waals surface area contributed by atoms with Crippen LogP contribution in [0, 0.1) is 0 Å². The van der Waals surface area contributed by atoms with E-state index in [-0.39, 0.29) is 0 Å². The van der Waals surface area contributed by atoms with E-state index in [4.69, 9.17) is 45.3 Å². The van der Waals surface area contributed by atoms with E-state index in [2.05, 4.69) is 74.5 Å². The molecule has 226 valence electrons. The summed E-state index contributed by atoms with van der Waals surface area (Å²) < 4.78 is 62.7. The summed E-state index contributed by atoms with van der Waals surface area (Å²) >= 11 is 0. The Morgan fingerprint density at radius 1 is 0.625 bits per heavy atom. The van der Waals surface area contributed by atoms with Gasteiger partial charge in [0.05, 0.1) is 0 Å². The van der Waals surface area contributed by atoms with Gasteiger partial charge < -0.3 is 45.3 Å². The van der Waals surface area contributed by atoms with Crippen molar-refractivity contribution in [2.24, 2.45) is 0 Å². The van der Waals surface area contributed by atoms with Gasteiger partial charge in [-0.2, -0.15) is 0 Å². The molecule has 2 unspecified atom stereocenters. The SMILES string of the molecule is CC[SiH](O[SiH2]O[SiH2]O[SiH2]O[SiH2]O[SiH2]O[SiH2]O[SiH2]O[SiH2]O[SiH2]O[SiH3])O[Si](CC)(Cc1ccccc1)c1ccccc1. The van der Waals surface area contributed by atoms with Crippen molar-refractivity contribution < 1.29 is 45.3 Å². The Kier molecular flexibility index (Phi) is 23.0. The minimum Gasteiger partial charge on any atom is -0.449 e. The van der Waals surface area contributed by atoms with Gasteiger partial charge in [0.15, 0.2) is 0 Å². The molecule has 23 heteroatoms. The second kappa shape index (κ2) is 25.0. The Balaban J connectivity index is 1.57. The standard InChI is InChI=1S/C17H44O11Si12/c1-3-39(28-40(4-2,17-13-9-6-10-14-17)15-16-11-7-5-8-12-16)27-38-26-37-25-36-24-35-23-34-22-33-21-32-20-31-19-30-18-29/h5-14,39H,3-4,15,30-38H2,1-2,29H3. The van der Waals surface area contributed by atoms with E-state index in [0.29, 0.717) is 0 Å². The summed E-state index contributed by atoms with van der Waals surface area (Å²) in [6, 6.07) is 24.3. The fourth-order valence-corrected chi connectivity index (χ4v) is 29.2. The van der Waals surface area contributed by atoms with Crippen molar-refractivity contribution >= 4 is 123 Å². The highest BCUT2D eigenvalue weighted by Crippen LogP contribution is 2.21. The molecule has 2 atom stereocenters. The van der Waals surface area contributed by atoms with Gasteiger partial charge in [-0.15, -0.1) is 0 Å². The van der Waals surface area contributed by atoms with Crippen molar-refractivity contribution in [3.63, 3.8) is 0 Å². The van der Waals surface area contributed by atoms with Gasteiger partial charge in [0.2, 0.25) is 8.32 Å². The molecule has 0 aliphatic carbocycles. The number of rotatable bonds is 26. The van der Waals surface area contributed by atoms with Crippen molar-refractivity contribution in [2.75, 3.05) is 0 Å². The van der Waals surface area contributed by atoms with Crippen LogP contribution < -0.4 is 5.19 Å². The Morgan fingerprint density at radius 2 is 1.07 bits per heavy atom. The van der Waals surface area contributed by atoms with Crippen LogP contribution in [0.15, 0.2) is 60.7 Å². The van der Waals surface area contributed by atoms with Crippen LogP contribution >= 0.6 is 0 Å². The molecule has 2 aromatic carbocycles. The molecule has 0 spiro atoms. The second-order valence-electron chi connectivity index (χ2n) is 8.48. The van der Waals surface area contributed by atoms with Crippen LogP contribution in [0.2, 0.25) is 12.1 Å². The molecule has 40 heavy (non-hydrogen) atoms. The van der Waals surface area contributed by atoms with E-state index in [1.807, 2.05) is 0 Å². The number of hydrogen-bond acceptors (Lipinski definition) is 11. The predicted molar refractivity (Wildman–Crippen MR) is 189 cm³/mol. The van der Waals surface area contributed by atoms with Crippen LogP contribution in [0.1, 0.15) is 19.4 Å². The zero-order valence-corrected chi connectivity index (χ0v) is 40.7. The Morgan fingerprint density at radius 3 is 1.52 bits per heavy atom. The minimum atomic E-state index is -2.24. The Bertz CT molecular complexity index is 856. The molecule has 2 rings (SSSR count). The predicted octanol–water partition coefficient (Wildman–Crippen LogP) is -6.67. The molecular formula is C17H44O11Si12. The van der Waals surface area contributed by atoms with Crippen molar-refractivity contribution in [1.29, 1.82) is 0 Å². The van der Waals surface area contributed by atoms with Gasteiger partial charge in [0, 0.05) is 0 Å². The van der Waals surface area contributed by atoms with Gasteiger partial charge in [-0.25, -0.2) is 0 Å². The van der Waals surface area contributed by atoms with E-state index < -0.39 is 108 Å². The summed E-state index contributed by atoms with van der Waals surface area (Å²) in [5, 5.41) is 1.33. The molecule has 0 saturated carbocycles. The van der Waals surface area contributed by atoms with Crippen molar-refractivity contribution in [1.82, 2.24) is 0 Å². The molecule has 0 amide bonds. The van der Waals surface area contributed by atoms with Crippen LogP contribution in [0.25, 0.3) is 0 Å². The van der Waals surface area contributed by atoms with E-state index in [1.54, 1.807) is 0 Å². The lowest BCUT2D eigenvalue weighted by Crippen LogP contribution is -2.56. The molecule has 0 N–H and O–H groups in total.